The predicted molar refractivity (Wildman–Crippen MR) is 209 cm³/mol. The maximum absolute atomic E-state index is 12.1. The first kappa shape index (κ1) is 46.1. The molecular weight excluding hydrogens is 608 g/mol. The zero-order chi connectivity index (χ0) is 35.7. The van der Waals surface area contributed by atoms with E-state index in [4.69, 9.17) is 9.47 Å². The van der Waals surface area contributed by atoms with Gasteiger partial charge in [0.1, 0.15) is 6.61 Å². The van der Waals surface area contributed by atoms with Crippen molar-refractivity contribution < 1.29 is 24.2 Å². The summed E-state index contributed by atoms with van der Waals surface area (Å²) in [5, 5.41) is 9.54. The van der Waals surface area contributed by atoms with E-state index in [1.54, 1.807) is 0 Å². The standard InChI is InChI=1S/C44H72O5/c1-3-5-7-9-11-13-15-17-19-21-22-23-25-27-29-31-33-35-37-39-44(47)49-42(40-45)41-48-43(46)38-36-34-32-30-28-26-24-20-18-16-14-12-10-8-6-4-2/h5,7,11,13,17,19-20,22-24,27,29,33,35,42,45H,3-4,6,8-10,12,14-16,18,21,25-26,28,30-32,34,36-41H2,1-2H3/b7-5-,13-11-,19-17-,23-22-,24-20-,29-27-,35-33-/t42-/m0/s1. The summed E-state index contributed by atoms with van der Waals surface area (Å²) in [5.74, 6) is -0.706. The Bertz CT molecular complexity index is 952. The number of allylic oxidation sites excluding steroid dienone is 14. The quantitative estimate of drug-likeness (QED) is 0.0416. The van der Waals surface area contributed by atoms with Gasteiger partial charge in [-0.1, -0.05) is 157 Å². The number of aliphatic hydroxyl groups is 1. The summed E-state index contributed by atoms with van der Waals surface area (Å²) in [5.41, 5.74) is 0. The van der Waals surface area contributed by atoms with Crippen LogP contribution in [0.25, 0.3) is 0 Å². The van der Waals surface area contributed by atoms with Gasteiger partial charge in [0.05, 0.1) is 6.61 Å². The van der Waals surface area contributed by atoms with E-state index in [0.717, 1.165) is 64.2 Å². The third kappa shape index (κ3) is 37.7. The van der Waals surface area contributed by atoms with E-state index in [0.29, 0.717) is 12.8 Å². The average molecular weight is 681 g/mol. The van der Waals surface area contributed by atoms with Gasteiger partial charge in [-0.25, -0.2) is 0 Å². The lowest BCUT2D eigenvalue weighted by molar-refractivity contribution is -0.161. The largest absolute Gasteiger partial charge is 0.462 e. The minimum Gasteiger partial charge on any atom is -0.462 e. The van der Waals surface area contributed by atoms with Crippen LogP contribution in [0.4, 0.5) is 0 Å². The van der Waals surface area contributed by atoms with E-state index in [9.17, 15) is 14.7 Å². The smallest absolute Gasteiger partial charge is 0.306 e. The Morgan fingerprint density at radius 1 is 0.490 bits per heavy atom. The van der Waals surface area contributed by atoms with Gasteiger partial charge in [0.15, 0.2) is 6.10 Å². The maximum atomic E-state index is 12.1. The molecule has 5 nitrogen and oxygen atoms in total. The molecule has 49 heavy (non-hydrogen) atoms. The molecule has 1 atom stereocenters. The summed E-state index contributed by atoms with van der Waals surface area (Å²) in [4.78, 5) is 24.2. The lowest BCUT2D eigenvalue weighted by Gasteiger charge is -2.15. The molecule has 0 aliphatic rings. The molecule has 0 aliphatic heterocycles. The van der Waals surface area contributed by atoms with Gasteiger partial charge in [0.25, 0.3) is 0 Å². The van der Waals surface area contributed by atoms with Gasteiger partial charge in [-0.3, -0.25) is 9.59 Å². The number of esters is 2. The monoisotopic (exact) mass is 681 g/mol. The first-order valence-electron chi connectivity index (χ1n) is 19.6. The van der Waals surface area contributed by atoms with Crippen LogP contribution in [-0.2, 0) is 19.1 Å². The molecule has 0 rings (SSSR count). The summed E-state index contributed by atoms with van der Waals surface area (Å²) < 4.78 is 10.5. The molecule has 0 saturated carbocycles. The van der Waals surface area contributed by atoms with E-state index in [2.05, 4.69) is 86.8 Å². The fourth-order valence-corrected chi connectivity index (χ4v) is 4.98. The fraction of sp³-hybridized carbons (Fsp3) is 0.636. The fourth-order valence-electron chi connectivity index (χ4n) is 4.98. The van der Waals surface area contributed by atoms with Crippen molar-refractivity contribution in [2.24, 2.45) is 0 Å². The molecule has 0 bridgehead atoms. The lowest BCUT2D eigenvalue weighted by Crippen LogP contribution is -2.28. The number of hydrogen-bond donors (Lipinski definition) is 1. The van der Waals surface area contributed by atoms with Crippen molar-refractivity contribution in [3.63, 3.8) is 0 Å². The Morgan fingerprint density at radius 3 is 1.41 bits per heavy atom. The SMILES string of the molecule is CC/C=C\C/C=C\C/C=C\C/C=C\C/C=C\C/C=C\CCC(=O)O[C@@H](CO)COC(=O)CCCCCCC/C=C\CCCCCCCCC. The molecule has 0 aromatic carbocycles. The lowest BCUT2D eigenvalue weighted by atomic mass is 10.1. The van der Waals surface area contributed by atoms with Crippen molar-refractivity contribution in [2.75, 3.05) is 13.2 Å². The molecule has 1 N–H and O–H groups in total. The summed E-state index contributed by atoms with van der Waals surface area (Å²) in [6.07, 6.45) is 53.7. The van der Waals surface area contributed by atoms with Gasteiger partial charge in [-0.15, -0.1) is 0 Å². The molecule has 0 amide bonds. The third-order valence-electron chi connectivity index (χ3n) is 7.94. The average Bonchev–Trinajstić information content (AvgIpc) is 3.10. The molecule has 0 aromatic rings. The van der Waals surface area contributed by atoms with E-state index >= 15 is 0 Å². The molecule has 0 radical (unpaired) electrons. The van der Waals surface area contributed by atoms with E-state index in [-0.39, 0.29) is 25.6 Å². The van der Waals surface area contributed by atoms with Crippen LogP contribution in [0.15, 0.2) is 85.1 Å². The first-order valence-corrected chi connectivity index (χ1v) is 19.6. The number of carbonyl (C=O) groups excluding carboxylic acids is 2. The van der Waals surface area contributed by atoms with E-state index in [1.807, 2.05) is 12.2 Å². The van der Waals surface area contributed by atoms with Gasteiger partial charge >= 0.3 is 11.9 Å². The molecular formula is C44H72O5. The zero-order valence-electron chi connectivity index (χ0n) is 31.4. The molecule has 0 fully saturated rings. The van der Waals surface area contributed by atoms with Gasteiger partial charge in [0.2, 0.25) is 0 Å². The second-order valence-electron chi connectivity index (χ2n) is 12.6. The minimum absolute atomic E-state index is 0.105. The number of carbonyl (C=O) groups is 2. The van der Waals surface area contributed by atoms with Crippen molar-refractivity contribution in [1.82, 2.24) is 0 Å². The van der Waals surface area contributed by atoms with Gasteiger partial charge in [0, 0.05) is 12.8 Å². The summed E-state index contributed by atoms with van der Waals surface area (Å²) >= 11 is 0. The van der Waals surface area contributed by atoms with Crippen molar-refractivity contribution in [3.05, 3.63) is 85.1 Å². The summed E-state index contributed by atoms with van der Waals surface area (Å²) in [6, 6.07) is 0. The topological polar surface area (TPSA) is 72.8 Å². The Labute approximate surface area is 301 Å². The first-order chi connectivity index (χ1) is 24.1. The van der Waals surface area contributed by atoms with E-state index in [1.165, 1.54) is 64.2 Å². The van der Waals surface area contributed by atoms with Crippen LogP contribution in [0.2, 0.25) is 0 Å². The van der Waals surface area contributed by atoms with Crippen LogP contribution < -0.4 is 0 Å². The van der Waals surface area contributed by atoms with Crippen LogP contribution in [0.1, 0.15) is 162 Å². The van der Waals surface area contributed by atoms with Crippen LogP contribution in [0.5, 0.6) is 0 Å². The van der Waals surface area contributed by atoms with Gasteiger partial charge in [-0.2, -0.15) is 0 Å². The number of hydrogen-bond acceptors (Lipinski definition) is 5. The maximum Gasteiger partial charge on any atom is 0.306 e. The molecule has 0 saturated heterocycles. The summed E-state index contributed by atoms with van der Waals surface area (Å²) in [6.45, 7) is 3.93. The Kier molecular flexibility index (Phi) is 37.2. The van der Waals surface area contributed by atoms with Crippen LogP contribution in [-0.4, -0.2) is 36.4 Å². The predicted octanol–water partition coefficient (Wildman–Crippen LogP) is 12.3. The minimum atomic E-state index is -0.819. The van der Waals surface area contributed by atoms with Crippen molar-refractivity contribution in [2.45, 2.75) is 168 Å². The van der Waals surface area contributed by atoms with Crippen molar-refractivity contribution in [1.29, 1.82) is 0 Å². The van der Waals surface area contributed by atoms with Crippen LogP contribution in [0, 0.1) is 0 Å². The second-order valence-corrected chi connectivity index (χ2v) is 12.6. The Balaban J connectivity index is 3.73. The number of aliphatic hydroxyl groups excluding tert-OH is 1. The molecule has 0 spiro atoms. The highest BCUT2D eigenvalue weighted by Crippen LogP contribution is 2.11. The molecule has 0 unspecified atom stereocenters. The summed E-state index contributed by atoms with van der Waals surface area (Å²) in [7, 11) is 0. The van der Waals surface area contributed by atoms with Gasteiger partial charge < -0.3 is 14.6 Å². The highest BCUT2D eigenvalue weighted by Gasteiger charge is 2.15. The molecule has 278 valence electrons. The number of unbranched alkanes of at least 4 members (excludes halogenated alkanes) is 12. The number of ether oxygens (including phenoxy) is 2. The Hall–Kier alpha value is -2.92. The van der Waals surface area contributed by atoms with E-state index < -0.39 is 12.1 Å². The number of rotatable bonds is 34. The Morgan fingerprint density at radius 2 is 0.918 bits per heavy atom. The molecule has 0 heterocycles. The zero-order valence-corrected chi connectivity index (χ0v) is 31.4. The van der Waals surface area contributed by atoms with Crippen LogP contribution in [0.3, 0.4) is 0 Å². The molecule has 5 heteroatoms. The molecule has 0 aromatic heterocycles. The molecule has 0 aliphatic carbocycles. The normalized spacial score (nSPS) is 13.1. The van der Waals surface area contributed by atoms with Gasteiger partial charge in [-0.05, 0) is 77.0 Å². The highest BCUT2D eigenvalue weighted by molar-refractivity contribution is 5.70. The third-order valence-corrected chi connectivity index (χ3v) is 7.94. The highest BCUT2D eigenvalue weighted by atomic mass is 16.6. The second kappa shape index (κ2) is 39.5. The van der Waals surface area contributed by atoms with Crippen molar-refractivity contribution in [3.8, 4) is 0 Å². The van der Waals surface area contributed by atoms with Crippen molar-refractivity contribution >= 4 is 11.9 Å². The van der Waals surface area contributed by atoms with Crippen LogP contribution >= 0.6 is 0 Å².